The topological polar surface area (TPSA) is 89.6 Å². The maximum Gasteiger partial charge on any atom is 0.223 e. The number of methoxy groups -OCH3 is 4. The number of nitrogens with one attached hydrogen (secondary N) is 1. The number of benzene rings is 2. The Kier molecular flexibility index (Phi) is 8.43. The van der Waals surface area contributed by atoms with Gasteiger partial charge in [0.15, 0.2) is 11.5 Å². The van der Waals surface area contributed by atoms with Crippen molar-refractivity contribution in [1.82, 2.24) is 15.1 Å². The molecule has 0 spiro atoms. The minimum Gasteiger partial charge on any atom is -0.497 e. The number of amides is 2. The molecule has 0 bridgehead atoms. The average molecular weight is 512 g/mol. The van der Waals surface area contributed by atoms with Crippen LogP contribution in [-0.4, -0.2) is 83.3 Å². The Labute approximate surface area is 218 Å². The first-order chi connectivity index (χ1) is 17.9. The van der Waals surface area contributed by atoms with Gasteiger partial charge in [0, 0.05) is 44.6 Å². The fourth-order valence-corrected chi connectivity index (χ4v) is 5.19. The molecule has 2 aromatic rings. The zero-order valence-electron chi connectivity index (χ0n) is 22.4. The molecule has 0 radical (unpaired) electrons. The summed E-state index contributed by atoms with van der Waals surface area (Å²) in [6, 6.07) is 7.57. The lowest BCUT2D eigenvalue weighted by molar-refractivity contribution is -0.135. The van der Waals surface area contributed by atoms with Crippen molar-refractivity contribution in [2.24, 2.45) is 0 Å². The van der Waals surface area contributed by atoms with Gasteiger partial charge >= 0.3 is 0 Å². The summed E-state index contributed by atoms with van der Waals surface area (Å²) in [6.07, 6.45) is 1.72. The number of likely N-dealkylation sites (N-methyl/N-ethyl adjacent to an activating group) is 1. The minimum atomic E-state index is -0.259. The standard InChI is InChI=1S/C28H37N3O6/c1-30-12-14-31(15-13-30)25(33)11-10-24(32)29-22-9-6-18-16-23(35-3)27(36-4)28(37-5)26(18)20-8-7-19(34-2)17-21(20)22/h7-8,16-17,22H,6,9-15H2,1-5H3,(H,29,32)/t22-/m0/s1. The van der Waals surface area contributed by atoms with Crippen molar-refractivity contribution < 1.29 is 28.5 Å². The molecule has 2 aliphatic rings. The summed E-state index contributed by atoms with van der Waals surface area (Å²) >= 11 is 0. The van der Waals surface area contributed by atoms with Crippen molar-refractivity contribution in [2.45, 2.75) is 31.7 Å². The SMILES string of the molecule is COc1ccc2c(c1)[C@@H](NC(=O)CCC(=O)N1CCN(C)CC1)CCc1cc(OC)c(OC)c(OC)c1-2. The molecule has 0 unspecified atom stereocenters. The van der Waals surface area contributed by atoms with E-state index in [1.54, 1.807) is 28.4 Å². The van der Waals surface area contributed by atoms with E-state index in [4.69, 9.17) is 18.9 Å². The number of fused-ring (bicyclic) bond motifs is 3. The van der Waals surface area contributed by atoms with Gasteiger partial charge in [-0.25, -0.2) is 0 Å². The van der Waals surface area contributed by atoms with Crippen LogP contribution in [-0.2, 0) is 16.0 Å². The van der Waals surface area contributed by atoms with Crippen LogP contribution in [0.3, 0.4) is 0 Å². The van der Waals surface area contributed by atoms with Gasteiger partial charge < -0.3 is 34.1 Å². The number of piperazine rings is 1. The second-order valence-corrected chi connectivity index (χ2v) is 9.48. The third-order valence-corrected chi connectivity index (χ3v) is 7.27. The molecule has 2 amide bonds. The predicted molar refractivity (Wildman–Crippen MR) is 141 cm³/mol. The first-order valence-electron chi connectivity index (χ1n) is 12.7. The number of rotatable bonds is 8. The van der Waals surface area contributed by atoms with Gasteiger partial charge in [-0.1, -0.05) is 6.07 Å². The van der Waals surface area contributed by atoms with Gasteiger partial charge in [0.05, 0.1) is 34.5 Å². The zero-order chi connectivity index (χ0) is 26.5. The Hall–Kier alpha value is -3.46. The van der Waals surface area contributed by atoms with Gasteiger partial charge in [-0.2, -0.15) is 0 Å². The summed E-state index contributed by atoms with van der Waals surface area (Å²) in [7, 11) is 8.48. The van der Waals surface area contributed by atoms with Crippen molar-refractivity contribution in [3.8, 4) is 34.1 Å². The van der Waals surface area contributed by atoms with Crippen LogP contribution in [0.2, 0.25) is 0 Å². The summed E-state index contributed by atoms with van der Waals surface area (Å²) in [5, 5.41) is 3.18. The summed E-state index contributed by atoms with van der Waals surface area (Å²) in [4.78, 5) is 29.7. The zero-order valence-corrected chi connectivity index (χ0v) is 22.4. The highest BCUT2D eigenvalue weighted by molar-refractivity contribution is 5.86. The van der Waals surface area contributed by atoms with Crippen LogP contribution in [0.4, 0.5) is 0 Å². The molecular formula is C28H37N3O6. The predicted octanol–water partition coefficient (Wildman–Crippen LogP) is 3.05. The lowest BCUT2D eigenvalue weighted by Gasteiger charge is -2.32. The highest BCUT2D eigenvalue weighted by Gasteiger charge is 2.30. The molecule has 1 aliphatic carbocycles. The number of ether oxygens (including phenoxy) is 4. The molecule has 200 valence electrons. The van der Waals surface area contributed by atoms with Crippen molar-refractivity contribution in [3.05, 3.63) is 35.4 Å². The molecule has 0 saturated carbocycles. The third kappa shape index (κ3) is 5.61. The Morgan fingerprint density at radius 2 is 1.65 bits per heavy atom. The number of hydrogen-bond acceptors (Lipinski definition) is 7. The van der Waals surface area contributed by atoms with Crippen molar-refractivity contribution in [3.63, 3.8) is 0 Å². The van der Waals surface area contributed by atoms with E-state index in [1.807, 2.05) is 29.2 Å². The maximum absolute atomic E-state index is 13.0. The Morgan fingerprint density at radius 3 is 2.30 bits per heavy atom. The van der Waals surface area contributed by atoms with Crippen molar-refractivity contribution >= 4 is 11.8 Å². The van der Waals surface area contributed by atoms with Crippen molar-refractivity contribution in [1.29, 1.82) is 0 Å². The summed E-state index contributed by atoms with van der Waals surface area (Å²) in [6.45, 7) is 3.13. The summed E-state index contributed by atoms with van der Waals surface area (Å²) in [5.41, 5.74) is 3.83. The van der Waals surface area contributed by atoms with Gasteiger partial charge in [0.2, 0.25) is 17.6 Å². The van der Waals surface area contributed by atoms with Crippen molar-refractivity contribution in [2.75, 3.05) is 61.7 Å². The van der Waals surface area contributed by atoms with Crippen LogP contribution < -0.4 is 24.3 Å². The number of aryl methyl sites for hydroxylation is 1. The molecule has 1 N–H and O–H groups in total. The highest BCUT2D eigenvalue weighted by atomic mass is 16.5. The molecule has 4 rings (SSSR count). The highest BCUT2D eigenvalue weighted by Crippen LogP contribution is 2.50. The van der Waals surface area contributed by atoms with E-state index in [0.29, 0.717) is 48.9 Å². The van der Waals surface area contributed by atoms with E-state index in [2.05, 4.69) is 17.3 Å². The monoisotopic (exact) mass is 511 g/mol. The molecule has 0 aromatic heterocycles. The summed E-state index contributed by atoms with van der Waals surface area (Å²) < 4.78 is 22.6. The van der Waals surface area contributed by atoms with Crippen LogP contribution >= 0.6 is 0 Å². The number of carbonyl (C=O) groups excluding carboxylic acids is 2. The van der Waals surface area contributed by atoms with E-state index in [1.165, 1.54) is 0 Å². The largest absolute Gasteiger partial charge is 0.497 e. The van der Waals surface area contributed by atoms with E-state index >= 15 is 0 Å². The van der Waals surface area contributed by atoms with Crippen LogP contribution in [0.25, 0.3) is 11.1 Å². The van der Waals surface area contributed by atoms with Crippen LogP contribution in [0.15, 0.2) is 24.3 Å². The second-order valence-electron chi connectivity index (χ2n) is 9.48. The van der Waals surface area contributed by atoms with Crippen LogP contribution in [0.5, 0.6) is 23.0 Å². The lowest BCUT2D eigenvalue weighted by atomic mass is 9.93. The molecule has 2 aromatic carbocycles. The smallest absolute Gasteiger partial charge is 0.223 e. The van der Waals surface area contributed by atoms with E-state index in [0.717, 1.165) is 35.3 Å². The Morgan fingerprint density at radius 1 is 0.919 bits per heavy atom. The van der Waals surface area contributed by atoms with Gasteiger partial charge in [-0.15, -0.1) is 0 Å². The molecule has 9 nitrogen and oxygen atoms in total. The molecule has 1 aliphatic heterocycles. The van der Waals surface area contributed by atoms with Crippen LogP contribution in [0.1, 0.15) is 36.4 Å². The van der Waals surface area contributed by atoms with E-state index < -0.39 is 0 Å². The Bertz CT molecular complexity index is 1140. The van der Waals surface area contributed by atoms with E-state index in [-0.39, 0.29) is 30.7 Å². The molecule has 1 atom stereocenters. The van der Waals surface area contributed by atoms with Gasteiger partial charge in [-0.3, -0.25) is 9.59 Å². The number of carbonyl (C=O) groups is 2. The fraction of sp³-hybridized carbons (Fsp3) is 0.500. The maximum atomic E-state index is 13.0. The second kappa shape index (κ2) is 11.7. The number of hydrogen-bond donors (Lipinski definition) is 1. The minimum absolute atomic E-state index is 0.0301. The van der Waals surface area contributed by atoms with Gasteiger partial charge in [0.1, 0.15) is 5.75 Å². The first-order valence-corrected chi connectivity index (χ1v) is 12.7. The summed E-state index contributed by atoms with van der Waals surface area (Å²) in [5.74, 6) is 2.30. The van der Waals surface area contributed by atoms with Crippen LogP contribution in [0, 0.1) is 0 Å². The van der Waals surface area contributed by atoms with E-state index in [9.17, 15) is 9.59 Å². The molecule has 1 saturated heterocycles. The molecule has 1 heterocycles. The lowest BCUT2D eigenvalue weighted by Crippen LogP contribution is -2.47. The molecule has 1 fully saturated rings. The number of nitrogens with zero attached hydrogens (tertiary/aromatic N) is 2. The average Bonchev–Trinajstić information content (AvgIpc) is 3.07. The molecular weight excluding hydrogens is 474 g/mol. The quantitative estimate of drug-likeness (QED) is 0.583. The van der Waals surface area contributed by atoms with Gasteiger partial charge in [-0.05, 0) is 54.8 Å². The Balaban J connectivity index is 1.59. The van der Waals surface area contributed by atoms with Gasteiger partial charge in [0.25, 0.3) is 0 Å². The third-order valence-electron chi connectivity index (χ3n) is 7.27. The molecule has 9 heteroatoms. The fourth-order valence-electron chi connectivity index (χ4n) is 5.19. The first kappa shape index (κ1) is 26.6. The molecule has 37 heavy (non-hydrogen) atoms. The normalized spacial score (nSPS) is 17.2.